The molecule has 10 nitrogen and oxygen atoms in total. The molecule has 30 heavy (non-hydrogen) atoms. The van der Waals surface area contributed by atoms with E-state index in [-0.39, 0.29) is 5.69 Å². The summed E-state index contributed by atoms with van der Waals surface area (Å²) in [4.78, 5) is 18.8. The van der Waals surface area contributed by atoms with Crippen LogP contribution in [0.2, 0.25) is 0 Å². The predicted octanol–water partition coefficient (Wildman–Crippen LogP) is 3.70. The van der Waals surface area contributed by atoms with E-state index in [1.807, 2.05) is 26.8 Å². The van der Waals surface area contributed by atoms with Crippen LogP contribution < -0.4 is 5.32 Å². The van der Waals surface area contributed by atoms with Gasteiger partial charge in [0.15, 0.2) is 6.29 Å². The quantitative estimate of drug-likeness (QED) is 0.304. The van der Waals surface area contributed by atoms with Crippen LogP contribution in [0, 0.1) is 17.0 Å². The number of non-ortho nitro benzene ring substituents is 1. The predicted molar refractivity (Wildman–Crippen MR) is 111 cm³/mol. The Kier molecular flexibility index (Phi) is 7.04. The maximum absolute atomic E-state index is 11.2. The Morgan fingerprint density at radius 3 is 2.50 bits per heavy atom. The molecule has 0 fully saturated rings. The molecule has 1 aromatic carbocycles. The van der Waals surface area contributed by atoms with Crippen molar-refractivity contribution in [2.45, 2.75) is 33.6 Å². The molecule has 3 aromatic rings. The number of anilines is 2. The molecule has 0 aliphatic heterocycles. The van der Waals surface area contributed by atoms with E-state index in [2.05, 4.69) is 20.4 Å². The van der Waals surface area contributed by atoms with Gasteiger partial charge in [0.1, 0.15) is 12.1 Å². The number of ether oxygens (including phenoxy) is 2. The number of aryl methyl sites for hydroxylation is 1. The van der Waals surface area contributed by atoms with E-state index in [1.165, 1.54) is 18.5 Å². The molecule has 0 saturated heterocycles. The highest BCUT2D eigenvalue weighted by Crippen LogP contribution is 2.28. The Balaban J connectivity index is 1.98. The van der Waals surface area contributed by atoms with Crippen LogP contribution in [-0.4, -0.2) is 44.2 Å². The van der Waals surface area contributed by atoms with Gasteiger partial charge < -0.3 is 14.8 Å². The van der Waals surface area contributed by atoms with Gasteiger partial charge in [-0.1, -0.05) is 6.07 Å². The van der Waals surface area contributed by atoms with Crippen LogP contribution in [-0.2, 0) is 16.0 Å². The summed E-state index contributed by atoms with van der Waals surface area (Å²) < 4.78 is 13.0. The Morgan fingerprint density at radius 2 is 1.87 bits per heavy atom. The van der Waals surface area contributed by atoms with Crippen LogP contribution in [0.25, 0.3) is 11.3 Å². The highest BCUT2D eigenvalue weighted by Gasteiger charge is 2.17. The van der Waals surface area contributed by atoms with Gasteiger partial charge in [-0.25, -0.2) is 14.6 Å². The smallest absolute Gasteiger partial charge is 0.271 e. The van der Waals surface area contributed by atoms with Gasteiger partial charge >= 0.3 is 0 Å². The van der Waals surface area contributed by atoms with E-state index < -0.39 is 11.2 Å². The van der Waals surface area contributed by atoms with Crippen molar-refractivity contribution in [3.63, 3.8) is 0 Å². The van der Waals surface area contributed by atoms with Crippen LogP contribution in [0.5, 0.6) is 0 Å². The number of nitrogens with one attached hydrogen (secondary N) is 1. The van der Waals surface area contributed by atoms with Gasteiger partial charge in [0.2, 0.25) is 0 Å². The van der Waals surface area contributed by atoms with E-state index in [9.17, 15) is 10.1 Å². The number of rotatable bonds is 10. The fraction of sp³-hybridized carbons (Fsp3) is 0.350. The van der Waals surface area contributed by atoms with Crippen molar-refractivity contribution in [3.8, 4) is 11.3 Å². The average Bonchev–Trinajstić information content (AvgIpc) is 3.13. The van der Waals surface area contributed by atoms with Gasteiger partial charge in [-0.2, -0.15) is 5.10 Å². The van der Waals surface area contributed by atoms with Gasteiger partial charge in [0, 0.05) is 55.1 Å². The first-order valence-electron chi connectivity index (χ1n) is 9.60. The van der Waals surface area contributed by atoms with E-state index in [4.69, 9.17) is 9.47 Å². The highest BCUT2D eigenvalue weighted by atomic mass is 16.7. The Labute approximate surface area is 174 Å². The SMILES string of the molecule is CCOC(Cn1nc(-c2cncnc2)cc1Nc1cc([N+](=O)[O-])ccc1C)OCC. The number of hydrogen-bond acceptors (Lipinski definition) is 8. The van der Waals surface area contributed by atoms with E-state index in [0.29, 0.717) is 37.0 Å². The van der Waals surface area contributed by atoms with E-state index in [1.54, 1.807) is 23.1 Å². The summed E-state index contributed by atoms with van der Waals surface area (Å²) in [6, 6.07) is 6.52. The standard InChI is InChI=1S/C20H24N6O4/c1-4-29-20(30-5-2)12-25-19(9-18(24-25)15-10-21-13-22-11-15)23-17-8-16(26(27)28)7-6-14(17)3/h6-11,13,20,23H,4-5,12H2,1-3H3. The van der Waals surface area contributed by atoms with Gasteiger partial charge in [0.25, 0.3) is 5.69 Å². The topological polar surface area (TPSA) is 117 Å². The maximum Gasteiger partial charge on any atom is 0.271 e. The monoisotopic (exact) mass is 412 g/mol. The van der Waals surface area contributed by atoms with Crippen molar-refractivity contribution >= 4 is 17.2 Å². The summed E-state index contributed by atoms with van der Waals surface area (Å²) in [5.74, 6) is 0.641. The van der Waals surface area contributed by atoms with Crippen molar-refractivity contribution in [1.82, 2.24) is 19.7 Å². The molecule has 0 atom stereocenters. The average molecular weight is 412 g/mol. The second-order valence-electron chi connectivity index (χ2n) is 6.45. The second-order valence-corrected chi connectivity index (χ2v) is 6.45. The third-order valence-corrected chi connectivity index (χ3v) is 4.36. The summed E-state index contributed by atoms with van der Waals surface area (Å²) in [7, 11) is 0. The summed E-state index contributed by atoms with van der Waals surface area (Å²) >= 11 is 0. The molecule has 0 aliphatic rings. The minimum absolute atomic E-state index is 0.00681. The maximum atomic E-state index is 11.2. The molecule has 0 saturated carbocycles. The number of nitrogens with zero attached hydrogens (tertiary/aromatic N) is 5. The molecule has 0 aliphatic carbocycles. The largest absolute Gasteiger partial charge is 0.351 e. The lowest BCUT2D eigenvalue weighted by atomic mass is 10.2. The van der Waals surface area contributed by atoms with Crippen molar-refractivity contribution < 1.29 is 14.4 Å². The first-order valence-corrected chi connectivity index (χ1v) is 9.60. The summed E-state index contributed by atoms with van der Waals surface area (Å²) in [5.41, 5.74) is 2.90. The van der Waals surface area contributed by atoms with Crippen molar-refractivity contribution in [1.29, 1.82) is 0 Å². The van der Waals surface area contributed by atoms with E-state index in [0.717, 1.165) is 11.1 Å². The minimum atomic E-state index is -0.480. The molecule has 10 heteroatoms. The van der Waals surface area contributed by atoms with Crippen molar-refractivity contribution in [2.75, 3.05) is 18.5 Å². The zero-order valence-electron chi connectivity index (χ0n) is 17.1. The van der Waals surface area contributed by atoms with Gasteiger partial charge in [0.05, 0.1) is 17.2 Å². The van der Waals surface area contributed by atoms with Gasteiger partial charge in [-0.3, -0.25) is 10.1 Å². The summed E-state index contributed by atoms with van der Waals surface area (Å²) in [6.45, 7) is 7.00. The molecule has 3 rings (SSSR count). The third kappa shape index (κ3) is 5.16. The molecule has 1 N–H and O–H groups in total. The minimum Gasteiger partial charge on any atom is -0.351 e. The number of nitro groups is 1. The zero-order valence-corrected chi connectivity index (χ0v) is 17.1. The second kappa shape index (κ2) is 9.90. The summed E-state index contributed by atoms with van der Waals surface area (Å²) in [5, 5.41) is 19.1. The Morgan fingerprint density at radius 1 is 1.17 bits per heavy atom. The normalized spacial score (nSPS) is 11.1. The molecular formula is C20H24N6O4. The lowest BCUT2D eigenvalue weighted by Gasteiger charge is -2.19. The van der Waals surface area contributed by atoms with Crippen molar-refractivity contribution in [2.24, 2.45) is 0 Å². The first-order chi connectivity index (χ1) is 14.5. The summed E-state index contributed by atoms with van der Waals surface area (Å²) in [6.07, 6.45) is 4.31. The molecule has 0 spiro atoms. The number of nitro benzene ring substituents is 1. The molecule has 0 radical (unpaired) electrons. The van der Waals surface area contributed by atoms with Crippen LogP contribution in [0.4, 0.5) is 17.2 Å². The highest BCUT2D eigenvalue weighted by molar-refractivity contribution is 5.68. The van der Waals surface area contributed by atoms with Crippen LogP contribution >= 0.6 is 0 Å². The third-order valence-electron chi connectivity index (χ3n) is 4.36. The number of aromatic nitrogens is 4. The molecule has 0 bridgehead atoms. The molecular weight excluding hydrogens is 388 g/mol. The molecule has 158 valence electrons. The number of hydrogen-bond donors (Lipinski definition) is 1. The number of benzene rings is 1. The fourth-order valence-electron chi connectivity index (χ4n) is 2.89. The van der Waals surface area contributed by atoms with Crippen LogP contribution in [0.3, 0.4) is 0 Å². The first kappa shape index (κ1) is 21.3. The van der Waals surface area contributed by atoms with Gasteiger partial charge in [-0.05, 0) is 26.3 Å². The zero-order chi connectivity index (χ0) is 21.5. The Hall–Kier alpha value is -3.37. The lowest BCUT2D eigenvalue weighted by Crippen LogP contribution is -2.25. The molecule has 2 aromatic heterocycles. The van der Waals surface area contributed by atoms with Crippen LogP contribution in [0.1, 0.15) is 19.4 Å². The molecule has 0 unspecified atom stereocenters. The molecule has 0 amide bonds. The molecule has 2 heterocycles. The van der Waals surface area contributed by atoms with Gasteiger partial charge in [-0.15, -0.1) is 0 Å². The fourth-order valence-corrected chi connectivity index (χ4v) is 2.89. The lowest BCUT2D eigenvalue weighted by molar-refractivity contribution is -0.384. The van der Waals surface area contributed by atoms with Crippen molar-refractivity contribution in [3.05, 3.63) is 58.7 Å². The Bertz CT molecular complexity index is 986. The van der Waals surface area contributed by atoms with E-state index >= 15 is 0 Å². The van der Waals surface area contributed by atoms with Crippen LogP contribution in [0.15, 0.2) is 43.0 Å².